The number of sulfonamides is 1. The first-order valence-corrected chi connectivity index (χ1v) is 13.4. The minimum Gasteiger partial charge on any atom is -0.494 e. The van der Waals surface area contributed by atoms with Gasteiger partial charge in [-0.2, -0.15) is 0 Å². The zero-order chi connectivity index (χ0) is 26.0. The zero-order valence-corrected chi connectivity index (χ0v) is 22.2. The number of nitrogens with zero attached hydrogens (tertiary/aromatic N) is 5. The highest BCUT2D eigenvalue weighted by molar-refractivity contribution is 7.93. The molecule has 13 heteroatoms. The van der Waals surface area contributed by atoms with Gasteiger partial charge in [-0.15, -0.1) is 10.2 Å². The highest BCUT2D eigenvalue weighted by Gasteiger charge is 2.36. The van der Waals surface area contributed by atoms with Gasteiger partial charge in [0.15, 0.2) is 0 Å². The van der Waals surface area contributed by atoms with E-state index in [0.717, 1.165) is 0 Å². The summed E-state index contributed by atoms with van der Waals surface area (Å²) in [6, 6.07) is 5.31. The third kappa shape index (κ3) is 4.97. The number of halogens is 1. The Labute approximate surface area is 215 Å². The van der Waals surface area contributed by atoms with Crippen LogP contribution in [0.5, 0.6) is 11.5 Å². The van der Waals surface area contributed by atoms with E-state index in [4.69, 9.17) is 25.8 Å². The molecule has 1 N–H and O–H groups in total. The molecule has 0 saturated carbocycles. The number of aromatic nitrogens is 5. The van der Waals surface area contributed by atoms with Gasteiger partial charge in [-0.05, 0) is 32.4 Å². The molecule has 194 valence electrons. The normalized spacial score (nSPS) is 19.6. The largest absolute Gasteiger partial charge is 0.494 e. The molecule has 36 heavy (non-hydrogen) atoms. The number of rotatable bonds is 9. The molecule has 1 aliphatic rings. The Morgan fingerprint density at radius 1 is 1.14 bits per heavy atom. The number of benzene rings is 1. The van der Waals surface area contributed by atoms with Crippen molar-refractivity contribution in [3.8, 4) is 17.2 Å². The summed E-state index contributed by atoms with van der Waals surface area (Å²) >= 11 is 5.88. The summed E-state index contributed by atoms with van der Waals surface area (Å²) in [6.07, 6.45) is 3.47. The third-order valence-electron chi connectivity index (χ3n) is 6.50. The van der Waals surface area contributed by atoms with Crippen molar-refractivity contribution in [1.82, 2.24) is 24.7 Å². The summed E-state index contributed by atoms with van der Waals surface area (Å²) in [6.45, 7) is 5.85. The summed E-state index contributed by atoms with van der Waals surface area (Å²) in [5.41, 5.74) is 0.487. The van der Waals surface area contributed by atoms with Crippen LogP contribution in [0.1, 0.15) is 50.7 Å². The summed E-state index contributed by atoms with van der Waals surface area (Å²) in [7, 11) is -0.901. The van der Waals surface area contributed by atoms with E-state index in [0.29, 0.717) is 46.9 Å². The molecular weight excluding hydrogens is 508 g/mol. The molecule has 1 fully saturated rings. The van der Waals surface area contributed by atoms with Crippen molar-refractivity contribution in [2.45, 2.75) is 50.4 Å². The van der Waals surface area contributed by atoms with Crippen molar-refractivity contribution in [2.24, 2.45) is 0 Å². The van der Waals surface area contributed by atoms with Crippen LogP contribution in [0.2, 0.25) is 5.02 Å². The Kier molecular flexibility index (Phi) is 7.67. The highest BCUT2D eigenvalue weighted by Crippen LogP contribution is 2.40. The molecular formula is C23H29ClN6O5S. The van der Waals surface area contributed by atoms with Crippen LogP contribution in [0.4, 0.5) is 5.95 Å². The standard InChI is InChI=1S/C23H29ClN6O5S/c1-13(21-25-11-16(24)12-26-21)15(3)36(31,32)29-23-28-27-22(17-9-10-35-14(17)2)30(23)20-18(33-4)7-6-8-19(20)34-5/h6-8,11-15,17H,9-10H2,1-5H3,(H,28,29)/t13?,14-,15?,17+/m1/s1. The number of methoxy groups -OCH3 is 2. The van der Waals surface area contributed by atoms with Gasteiger partial charge in [0.05, 0.1) is 30.6 Å². The van der Waals surface area contributed by atoms with Gasteiger partial charge < -0.3 is 14.2 Å². The van der Waals surface area contributed by atoms with E-state index in [-0.39, 0.29) is 18.0 Å². The Morgan fingerprint density at radius 3 is 2.33 bits per heavy atom. The van der Waals surface area contributed by atoms with E-state index in [1.807, 2.05) is 6.92 Å². The SMILES string of the molecule is COc1cccc(OC)c1-n1c(NS(=O)(=O)C(C)C(C)c2ncc(Cl)cn2)nnc1[C@H]1CCO[C@@H]1C. The molecule has 0 amide bonds. The van der Waals surface area contributed by atoms with Crippen molar-refractivity contribution >= 4 is 27.6 Å². The Morgan fingerprint density at radius 2 is 1.78 bits per heavy atom. The summed E-state index contributed by atoms with van der Waals surface area (Å²) in [4.78, 5) is 8.36. The van der Waals surface area contributed by atoms with E-state index in [1.54, 1.807) is 36.6 Å². The lowest BCUT2D eigenvalue weighted by Gasteiger charge is -2.22. The number of anilines is 1. The molecule has 1 aromatic carbocycles. The third-order valence-corrected chi connectivity index (χ3v) is 8.55. The van der Waals surface area contributed by atoms with Gasteiger partial charge in [-0.1, -0.05) is 24.6 Å². The van der Waals surface area contributed by atoms with Gasteiger partial charge in [0.25, 0.3) is 0 Å². The molecule has 2 unspecified atom stereocenters. The summed E-state index contributed by atoms with van der Waals surface area (Å²) in [5.74, 6) is 1.23. The molecule has 4 rings (SSSR count). The predicted octanol–water partition coefficient (Wildman–Crippen LogP) is 3.55. The molecule has 0 aliphatic carbocycles. The molecule has 4 atom stereocenters. The van der Waals surface area contributed by atoms with Crippen LogP contribution in [-0.4, -0.2) is 65.3 Å². The molecule has 3 heterocycles. The van der Waals surface area contributed by atoms with Crippen molar-refractivity contribution in [3.05, 3.63) is 47.3 Å². The lowest BCUT2D eigenvalue weighted by molar-refractivity contribution is 0.117. The minimum absolute atomic E-state index is 0.0166. The van der Waals surface area contributed by atoms with E-state index >= 15 is 0 Å². The smallest absolute Gasteiger partial charge is 0.243 e. The van der Waals surface area contributed by atoms with E-state index < -0.39 is 21.2 Å². The molecule has 0 bridgehead atoms. The second-order valence-electron chi connectivity index (χ2n) is 8.60. The lowest BCUT2D eigenvalue weighted by atomic mass is 10.0. The maximum atomic E-state index is 13.5. The van der Waals surface area contributed by atoms with Gasteiger partial charge >= 0.3 is 0 Å². The maximum Gasteiger partial charge on any atom is 0.243 e. The van der Waals surface area contributed by atoms with Crippen molar-refractivity contribution in [2.75, 3.05) is 25.5 Å². The topological polar surface area (TPSA) is 130 Å². The van der Waals surface area contributed by atoms with Crippen LogP contribution < -0.4 is 14.2 Å². The van der Waals surface area contributed by atoms with Crippen molar-refractivity contribution < 1.29 is 22.6 Å². The average molecular weight is 537 g/mol. The zero-order valence-electron chi connectivity index (χ0n) is 20.7. The number of hydrogen-bond acceptors (Lipinski definition) is 9. The first kappa shape index (κ1) is 26.1. The Hall–Kier alpha value is -2.96. The predicted molar refractivity (Wildman–Crippen MR) is 135 cm³/mol. The van der Waals surface area contributed by atoms with Gasteiger partial charge in [-0.3, -0.25) is 9.29 Å². The van der Waals surface area contributed by atoms with Crippen LogP contribution >= 0.6 is 11.6 Å². The van der Waals surface area contributed by atoms with Gasteiger partial charge in [0.1, 0.15) is 28.8 Å². The van der Waals surface area contributed by atoms with E-state index in [1.165, 1.54) is 26.6 Å². The fraction of sp³-hybridized carbons (Fsp3) is 0.478. The van der Waals surface area contributed by atoms with Crippen LogP contribution in [0.25, 0.3) is 5.69 Å². The van der Waals surface area contributed by atoms with Crippen molar-refractivity contribution in [3.63, 3.8) is 0 Å². The molecule has 3 aromatic rings. The van der Waals surface area contributed by atoms with E-state index in [9.17, 15) is 8.42 Å². The quantitative estimate of drug-likeness (QED) is 0.436. The van der Waals surface area contributed by atoms with Gasteiger partial charge in [-0.25, -0.2) is 18.4 Å². The van der Waals surface area contributed by atoms with Crippen LogP contribution in [0.15, 0.2) is 30.6 Å². The van der Waals surface area contributed by atoms with Crippen LogP contribution in [0.3, 0.4) is 0 Å². The fourth-order valence-electron chi connectivity index (χ4n) is 4.20. The maximum absolute atomic E-state index is 13.5. The molecule has 11 nitrogen and oxygen atoms in total. The number of para-hydroxylation sites is 1. The summed E-state index contributed by atoms with van der Waals surface area (Å²) in [5, 5.41) is 8.10. The minimum atomic E-state index is -3.96. The van der Waals surface area contributed by atoms with Gasteiger partial charge in [0, 0.05) is 30.8 Å². The number of nitrogens with one attached hydrogen (secondary N) is 1. The van der Waals surface area contributed by atoms with E-state index in [2.05, 4.69) is 24.9 Å². The molecule has 0 radical (unpaired) electrons. The molecule has 0 spiro atoms. The molecule has 2 aromatic heterocycles. The van der Waals surface area contributed by atoms with Crippen molar-refractivity contribution in [1.29, 1.82) is 0 Å². The number of hydrogen-bond donors (Lipinski definition) is 1. The second kappa shape index (κ2) is 10.6. The average Bonchev–Trinajstić information content (AvgIpc) is 3.47. The first-order chi connectivity index (χ1) is 17.2. The number of ether oxygens (including phenoxy) is 3. The van der Waals surface area contributed by atoms with Gasteiger partial charge in [0.2, 0.25) is 16.0 Å². The molecule has 1 saturated heterocycles. The first-order valence-electron chi connectivity index (χ1n) is 11.4. The lowest BCUT2D eigenvalue weighted by Crippen LogP contribution is -2.31. The second-order valence-corrected chi connectivity index (χ2v) is 11.1. The van der Waals surface area contributed by atoms with Crippen LogP contribution in [0, 0.1) is 0 Å². The Balaban J connectivity index is 1.78. The molecule has 1 aliphatic heterocycles. The highest BCUT2D eigenvalue weighted by atomic mass is 35.5. The Bertz CT molecular complexity index is 1290. The monoisotopic (exact) mass is 536 g/mol. The summed E-state index contributed by atoms with van der Waals surface area (Å²) < 4.78 is 48.3. The van der Waals surface area contributed by atoms with Crippen LogP contribution in [-0.2, 0) is 14.8 Å². The fourth-order valence-corrected chi connectivity index (χ4v) is 5.53.